The van der Waals surface area contributed by atoms with Crippen LogP contribution in [0.3, 0.4) is 0 Å². The van der Waals surface area contributed by atoms with Crippen LogP contribution in [0.4, 0.5) is 8.78 Å². The highest BCUT2D eigenvalue weighted by Crippen LogP contribution is 2.24. The van der Waals surface area contributed by atoms with Gasteiger partial charge in [-0.3, -0.25) is 4.79 Å². The Balaban J connectivity index is 2.37. The second kappa shape index (κ2) is 5.63. The first-order chi connectivity index (χ1) is 9.30. The van der Waals surface area contributed by atoms with Crippen LogP contribution in [0, 0.1) is 11.6 Å². The van der Waals surface area contributed by atoms with Gasteiger partial charge in [0, 0.05) is 17.3 Å². The van der Waals surface area contributed by atoms with Crippen LogP contribution in [0.5, 0.6) is 0 Å². The van der Waals surface area contributed by atoms with Crippen molar-refractivity contribution in [2.45, 2.75) is 17.4 Å². The van der Waals surface area contributed by atoms with E-state index in [0.29, 0.717) is 25.2 Å². The predicted octanol–water partition coefficient (Wildman–Crippen LogP) is 1.41. The van der Waals surface area contributed by atoms with Crippen LogP contribution in [0.25, 0.3) is 0 Å². The van der Waals surface area contributed by atoms with Crippen LogP contribution < -0.4 is 5.32 Å². The fourth-order valence-electron chi connectivity index (χ4n) is 1.84. The normalized spacial score (nSPS) is 19.1. The number of carbonyl (C=O) groups excluding carboxylic acids is 1. The fourth-order valence-corrected chi connectivity index (χ4v) is 2.74. The van der Waals surface area contributed by atoms with Crippen molar-refractivity contribution in [2.75, 3.05) is 13.2 Å². The number of carbonyl (C=O) groups is 1. The summed E-state index contributed by atoms with van der Waals surface area (Å²) in [4.78, 5) is 10.9. The molecule has 1 aromatic rings. The second-order valence-electron chi connectivity index (χ2n) is 4.21. The number of benzene rings is 1. The smallest absolute Gasteiger partial charge is 0.264 e. The van der Waals surface area contributed by atoms with Crippen LogP contribution >= 0.6 is 10.7 Å². The third-order valence-electron chi connectivity index (χ3n) is 2.81. The molecule has 1 amide bonds. The lowest BCUT2D eigenvalue weighted by Gasteiger charge is -2.12. The molecule has 0 bridgehead atoms. The molecule has 110 valence electrons. The van der Waals surface area contributed by atoms with Gasteiger partial charge >= 0.3 is 0 Å². The molecule has 1 N–H and O–H groups in total. The second-order valence-corrected chi connectivity index (χ2v) is 6.74. The molecule has 0 radical (unpaired) electrons. The Morgan fingerprint density at radius 3 is 2.65 bits per heavy atom. The maximum absolute atomic E-state index is 14.0. The van der Waals surface area contributed by atoms with Gasteiger partial charge in [0.05, 0.1) is 12.6 Å². The van der Waals surface area contributed by atoms with E-state index in [9.17, 15) is 22.0 Å². The average Bonchev–Trinajstić information content (AvgIpc) is 2.79. The lowest BCUT2D eigenvalue weighted by atomic mass is 10.1. The third-order valence-corrected chi connectivity index (χ3v) is 4.15. The predicted molar refractivity (Wildman–Crippen MR) is 66.1 cm³/mol. The van der Waals surface area contributed by atoms with Gasteiger partial charge in [0.1, 0.15) is 16.3 Å². The Hall–Kier alpha value is -1.25. The van der Waals surface area contributed by atoms with Gasteiger partial charge in [-0.05, 0) is 18.6 Å². The molecule has 1 aromatic carbocycles. The highest BCUT2D eigenvalue weighted by atomic mass is 35.7. The van der Waals surface area contributed by atoms with E-state index in [1.165, 1.54) is 0 Å². The van der Waals surface area contributed by atoms with E-state index >= 15 is 0 Å². The highest BCUT2D eigenvalue weighted by molar-refractivity contribution is 8.13. The van der Waals surface area contributed by atoms with Crippen LogP contribution in [0.15, 0.2) is 17.0 Å². The summed E-state index contributed by atoms with van der Waals surface area (Å²) >= 11 is 0. The van der Waals surface area contributed by atoms with Gasteiger partial charge in [-0.1, -0.05) is 0 Å². The minimum Gasteiger partial charge on any atom is -0.379 e. The minimum absolute atomic E-state index is 0.239. The van der Waals surface area contributed by atoms with E-state index < -0.39 is 37.1 Å². The average molecular weight is 326 g/mol. The van der Waals surface area contributed by atoms with Gasteiger partial charge in [0.2, 0.25) is 0 Å². The summed E-state index contributed by atoms with van der Waals surface area (Å²) in [5.41, 5.74) is -0.973. The van der Waals surface area contributed by atoms with Crippen LogP contribution in [-0.2, 0) is 13.8 Å². The van der Waals surface area contributed by atoms with Crippen molar-refractivity contribution in [1.29, 1.82) is 0 Å². The summed E-state index contributed by atoms with van der Waals surface area (Å²) < 4.78 is 54.8. The van der Waals surface area contributed by atoms with Crippen molar-refractivity contribution >= 4 is 25.6 Å². The van der Waals surface area contributed by atoms with E-state index in [0.717, 1.165) is 0 Å². The third kappa shape index (κ3) is 3.08. The molecule has 1 atom stereocenters. The molecule has 2 rings (SSSR count). The van der Waals surface area contributed by atoms with Crippen molar-refractivity contribution in [1.82, 2.24) is 5.32 Å². The van der Waals surface area contributed by atoms with Crippen molar-refractivity contribution < 1.29 is 26.7 Å². The monoisotopic (exact) mass is 325 g/mol. The van der Waals surface area contributed by atoms with E-state index in [1.54, 1.807) is 0 Å². The molecule has 0 aromatic heterocycles. The molecule has 5 nitrogen and oxygen atoms in total. The van der Waals surface area contributed by atoms with Gasteiger partial charge in [-0.25, -0.2) is 17.2 Å². The lowest BCUT2D eigenvalue weighted by molar-refractivity contribution is 0.0920. The van der Waals surface area contributed by atoms with Gasteiger partial charge in [0.25, 0.3) is 15.0 Å². The number of rotatable bonds is 3. The van der Waals surface area contributed by atoms with Gasteiger partial charge in [0.15, 0.2) is 5.82 Å². The number of nitrogens with one attached hydrogen (secondary N) is 1. The summed E-state index contributed by atoms with van der Waals surface area (Å²) in [6.45, 7) is 0.675. The Labute approximate surface area is 118 Å². The SMILES string of the molecule is O=C(NC1CCOC1)c1c(F)ccc(S(=O)(=O)Cl)c1F. The van der Waals surface area contributed by atoms with Crippen LogP contribution in [0.2, 0.25) is 0 Å². The highest BCUT2D eigenvalue weighted by Gasteiger charge is 2.28. The fraction of sp³-hybridized carbons (Fsp3) is 0.364. The number of hydrogen-bond acceptors (Lipinski definition) is 4. The molecule has 9 heteroatoms. The molecule has 1 aliphatic rings. The van der Waals surface area contributed by atoms with Gasteiger partial charge < -0.3 is 10.1 Å². The van der Waals surface area contributed by atoms with Gasteiger partial charge in [-0.2, -0.15) is 0 Å². The Bertz CT molecular complexity index is 644. The van der Waals surface area contributed by atoms with Crippen molar-refractivity contribution in [3.8, 4) is 0 Å². The zero-order valence-electron chi connectivity index (χ0n) is 10.0. The molecule has 1 aliphatic heterocycles. The molecular formula is C11H10ClF2NO4S. The molecule has 0 saturated carbocycles. The maximum Gasteiger partial charge on any atom is 0.264 e. The quantitative estimate of drug-likeness (QED) is 0.853. The molecule has 20 heavy (non-hydrogen) atoms. The van der Waals surface area contributed by atoms with Crippen molar-refractivity contribution in [3.63, 3.8) is 0 Å². The van der Waals surface area contributed by atoms with E-state index in [1.807, 2.05) is 0 Å². The van der Waals surface area contributed by atoms with Gasteiger partial charge in [-0.15, -0.1) is 0 Å². The summed E-state index contributed by atoms with van der Waals surface area (Å²) in [6.07, 6.45) is 0.516. The minimum atomic E-state index is -4.41. The largest absolute Gasteiger partial charge is 0.379 e. The summed E-state index contributed by atoms with van der Waals surface area (Å²) in [6, 6.07) is 0.985. The summed E-state index contributed by atoms with van der Waals surface area (Å²) in [5.74, 6) is -3.71. The first-order valence-corrected chi connectivity index (χ1v) is 7.93. The zero-order valence-corrected chi connectivity index (χ0v) is 11.6. The van der Waals surface area contributed by atoms with E-state index in [4.69, 9.17) is 15.4 Å². The van der Waals surface area contributed by atoms with E-state index in [-0.39, 0.29) is 12.6 Å². The number of ether oxygens (including phenoxy) is 1. The van der Waals surface area contributed by atoms with E-state index in [2.05, 4.69) is 5.32 Å². The number of amides is 1. The molecule has 1 unspecified atom stereocenters. The molecule has 0 spiro atoms. The number of halogens is 3. The lowest BCUT2D eigenvalue weighted by Crippen LogP contribution is -2.36. The topological polar surface area (TPSA) is 72.5 Å². The molecule has 1 heterocycles. The Morgan fingerprint density at radius 1 is 1.40 bits per heavy atom. The zero-order chi connectivity index (χ0) is 14.9. The first-order valence-electron chi connectivity index (χ1n) is 5.62. The number of hydrogen-bond donors (Lipinski definition) is 1. The Morgan fingerprint density at radius 2 is 2.10 bits per heavy atom. The summed E-state index contributed by atoms with van der Waals surface area (Å²) in [7, 11) is 0.614. The maximum atomic E-state index is 14.0. The Kier molecular flexibility index (Phi) is 4.26. The molecule has 1 fully saturated rings. The molecule has 0 aliphatic carbocycles. The van der Waals surface area contributed by atoms with Crippen LogP contribution in [-0.4, -0.2) is 33.6 Å². The molecule has 1 saturated heterocycles. The first kappa shape index (κ1) is 15.1. The van der Waals surface area contributed by atoms with Crippen molar-refractivity contribution in [3.05, 3.63) is 29.3 Å². The molecular weight excluding hydrogens is 316 g/mol. The summed E-state index contributed by atoms with van der Waals surface area (Å²) in [5, 5.41) is 2.37. The standard InChI is InChI=1S/C11H10ClF2NO4S/c12-20(17,18)8-2-1-7(13)9(10(8)14)11(16)15-6-3-4-19-5-6/h1-2,6H,3-5H2,(H,15,16). The van der Waals surface area contributed by atoms with Crippen LogP contribution in [0.1, 0.15) is 16.8 Å². The van der Waals surface area contributed by atoms with Crippen molar-refractivity contribution in [2.24, 2.45) is 0 Å².